The van der Waals surface area contributed by atoms with Crippen LogP contribution in [-0.4, -0.2) is 4.98 Å². The van der Waals surface area contributed by atoms with Gasteiger partial charge in [-0.2, -0.15) is 5.26 Å². The van der Waals surface area contributed by atoms with Crippen LogP contribution in [0.5, 0.6) is 0 Å². The smallest absolute Gasteiger partial charge is 0.136 e. The van der Waals surface area contributed by atoms with E-state index in [0.717, 1.165) is 15.7 Å². The zero-order valence-corrected chi connectivity index (χ0v) is 16.5. The van der Waals surface area contributed by atoms with Crippen molar-refractivity contribution in [3.05, 3.63) is 73.6 Å². The number of halogens is 3. The first-order chi connectivity index (χ1) is 12.1. The molecule has 0 aliphatic rings. The molecule has 0 bridgehead atoms. The van der Waals surface area contributed by atoms with Crippen molar-refractivity contribution in [1.29, 1.82) is 5.26 Å². The number of hydrogen-bond donors (Lipinski definition) is 1. The molecule has 1 heterocycles. The average Bonchev–Trinajstić information content (AvgIpc) is 3.05. The lowest BCUT2D eigenvalue weighted by atomic mass is 10.2. The highest BCUT2D eigenvalue weighted by molar-refractivity contribution is 9.10. The molecular formula is C18H10BrCl2N3S. The molecule has 3 nitrogen and oxygen atoms in total. The Morgan fingerprint density at radius 2 is 2.08 bits per heavy atom. The summed E-state index contributed by atoms with van der Waals surface area (Å²) in [7, 11) is 0. The summed E-state index contributed by atoms with van der Waals surface area (Å²) in [6.07, 6.45) is 1.65. The number of aromatic nitrogens is 1. The number of anilines is 1. The minimum atomic E-state index is 0.446. The minimum Gasteiger partial charge on any atom is -0.360 e. The summed E-state index contributed by atoms with van der Waals surface area (Å²) in [6.45, 7) is 0. The second-order valence-electron chi connectivity index (χ2n) is 4.99. The Morgan fingerprint density at radius 1 is 1.24 bits per heavy atom. The van der Waals surface area contributed by atoms with Crippen molar-refractivity contribution < 1.29 is 0 Å². The van der Waals surface area contributed by atoms with Gasteiger partial charge < -0.3 is 5.32 Å². The maximum atomic E-state index is 9.44. The topological polar surface area (TPSA) is 48.7 Å². The number of nitrogens with one attached hydrogen (secondary N) is 1. The zero-order chi connectivity index (χ0) is 17.8. The normalized spacial score (nSPS) is 11.2. The van der Waals surface area contributed by atoms with E-state index in [0.29, 0.717) is 26.3 Å². The second-order valence-corrected chi connectivity index (χ2v) is 7.60. The maximum Gasteiger partial charge on any atom is 0.136 e. The van der Waals surface area contributed by atoms with Gasteiger partial charge in [0.2, 0.25) is 0 Å². The van der Waals surface area contributed by atoms with Gasteiger partial charge in [-0.1, -0.05) is 45.2 Å². The summed E-state index contributed by atoms with van der Waals surface area (Å²) in [5.41, 5.74) is 2.82. The van der Waals surface area contributed by atoms with E-state index in [-0.39, 0.29) is 0 Å². The fraction of sp³-hybridized carbons (Fsp3) is 0. The second kappa shape index (κ2) is 8.03. The van der Waals surface area contributed by atoms with Crippen LogP contribution < -0.4 is 5.32 Å². The molecule has 1 N–H and O–H groups in total. The summed E-state index contributed by atoms with van der Waals surface area (Å²) >= 11 is 17.0. The third kappa shape index (κ3) is 4.42. The van der Waals surface area contributed by atoms with Gasteiger partial charge in [-0.05, 0) is 36.4 Å². The number of thiazole rings is 1. The van der Waals surface area contributed by atoms with Crippen molar-refractivity contribution in [2.24, 2.45) is 0 Å². The van der Waals surface area contributed by atoms with Gasteiger partial charge in [0.15, 0.2) is 0 Å². The van der Waals surface area contributed by atoms with Crippen molar-refractivity contribution >= 4 is 61.7 Å². The van der Waals surface area contributed by atoms with E-state index in [2.05, 4.69) is 32.3 Å². The van der Waals surface area contributed by atoms with Gasteiger partial charge in [-0.15, -0.1) is 11.3 Å². The predicted molar refractivity (Wildman–Crippen MR) is 109 cm³/mol. The first kappa shape index (κ1) is 18.0. The van der Waals surface area contributed by atoms with Gasteiger partial charge in [0.1, 0.15) is 16.6 Å². The number of allylic oxidation sites excluding steroid dienone is 1. The molecule has 0 fully saturated rings. The van der Waals surface area contributed by atoms with E-state index < -0.39 is 0 Å². The third-order valence-corrected chi connectivity index (χ3v) is 5.19. The molecule has 1 aromatic heterocycles. The maximum absolute atomic E-state index is 9.44. The Hall–Kier alpha value is -1.84. The molecule has 3 rings (SSSR count). The lowest BCUT2D eigenvalue weighted by Gasteiger charge is -2.02. The van der Waals surface area contributed by atoms with E-state index in [1.54, 1.807) is 18.3 Å². The van der Waals surface area contributed by atoms with Gasteiger partial charge in [-0.3, -0.25) is 0 Å². The van der Waals surface area contributed by atoms with Gasteiger partial charge in [-0.25, -0.2) is 4.98 Å². The molecular weight excluding hydrogens is 441 g/mol. The summed E-state index contributed by atoms with van der Waals surface area (Å²) in [5, 5.41) is 16.1. The lowest BCUT2D eigenvalue weighted by molar-refractivity contribution is 1.36. The van der Waals surface area contributed by atoms with Crippen molar-refractivity contribution in [1.82, 2.24) is 4.98 Å². The van der Waals surface area contributed by atoms with Crippen molar-refractivity contribution in [2.75, 3.05) is 5.32 Å². The molecule has 0 radical (unpaired) electrons. The highest BCUT2D eigenvalue weighted by Gasteiger charge is 2.11. The van der Waals surface area contributed by atoms with Crippen LogP contribution >= 0.6 is 50.5 Å². The van der Waals surface area contributed by atoms with E-state index in [4.69, 9.17) is 23.2 Å². The summed E-state index contributed by atoms with van der Waals surface area (Å²) in [6, 6.07) is 15.1. The van der Waals surface area contributed by atoms with E-state index in [9.17, 15) is 5.26 Å². The van der Waals surface area contributed by atoms with Gasteiger partial charge >= 0.3 is 0 Å². The molecule has 0 spiro atoms. The highest BCUT2D eigenvalue weighted by atomic mass is 79.9. The van der Waals surface area contributed by atoms with Crippen LogP contribution in [0, 0.1) is 11.3 Å². The quantitative estimate of drug-likeness (QED) is 0.441. The van der Waals surface area contributed by atoms with Crippen molar-refractivity contribution in [3.8, 4) is 17.3 Å². The van der Waals surface area contributed by atoms with Gasteiger partial charge in [0.05, 0.1) is 10.7 Å². The van der Waals surface area contributed by atoms with Crippen LogP contribution in [-0.2, 0) is 0 Å². The number of hydrogen-bond acceptors (Lipinski definition) is 4. The monoisotopic (exact) mass is 449 g/mol. The summed E-state index contributed by atoms with van der Waals surface area (Å²) in [5.74, 6) is 0. The van der Waals surface area contributed by atoms with Crippen LogP contribution in [0.3, 0.4) is 0 Å². The predicted octanol–water partition coefficient (Wildman–Crippen LogP) is 6.86. The van der Waals surface area contributed by atoms with Crippen LogP contribution in [0.1, 0.15) is 5.01 Å². The van der Waals surface area contributed by atoms with Crippen LogP contribution in [0.15, 0.2) is 58.5 Å². The molecule has 0 amide bonds. The molecule has 124 valence electrons. The number of nitrogens with zero attached hydrogens (tertiary/aromatic N) is 2. The van der Waals surface area contributed by atoms with Crippen LogP contribution in [0.2, 0.25) is 10.0 Å². The van der Waals surface area contributed by atoms with Crippen LogP contribution in [0.4, 0.5) is 5.69 Å². The Labute approximate surface area is 167 Å². The molecule has 0 saturated carbocycles. The fourth-order valence-corrected chi connectivity index (χ4v) is 3.78. The number of nitriles is 1. The lowest BCUT2D eigenvalue weighted by Crippen LogP contribution is -1.91. The molecule has 25 heavy (non-hydrogen) atoms. The average molecular weight is 451 g/mol. The molecule has 0 saturated heterocycles. The van der Waals surface area contributed by atoms with Gasteiger partial charge in [0, 0.05) is 32.3 Å². The van der Waals surface area contributed by atoms with Crippen LogP contribution in [0.25, 0.3) is 16.8 Å². The largest absolute Gasteiger partial charge is 0.360 e. The third-order valence-electron chi connectivity index (χ3n) is 3.27. The van der Waals surface area contributed by atoms with E-state index >= 15 is 0 Å². The molecule has 0 unspecified atom stereocenters. The molecule has 0 atom stereocenters. The summed E-state index contributed by atoms with van der Waals surface area (Å²) < 4.78 is 0.957. The molecule has 2 aromatic carbocycles. The Morgan fingerprint density at radius 3 is 2.80 bits per heavy atom. The minimum absolute atomic E-state index is 0.446. The zero-order valence-electron chi connectivity index (χ0n) is 12.6. The molecule has 7 heteroatoms. The first-order valence-electron chi connectivity index (χ1n) is 7.10. The standard InChI is InChI=1S/C18H10BrCl2N3S/c19-12-2-1-3-14(6-12)23-9-11(8-22)18-24-17(10-25-18)15-5-4-13(20)7-16(15)21/h1-7,9-10,23H. The Kier molecular flexibility index (Phi) is 5.77. The molecule has 3 aromatic rings. The number of benzene rings is 2. The summed E-state index contributed by atoms with van der Waals surface area (Å²) in [4.78, 5) is 4.52. The first-order valence-corrected chi connectivity index (χ1v) is 9.53. The molecule has 0 aliphatic heterocycles. The van der Waals surface area contributed by atoms with Crippen molar-refractivity contribution in [3.63, 3.8) is 0 Å². The molecule has 0 aliphatic carbocycles. The van der Waals surface area contributed by atoms with E-state index in [1.165, 1.54) is 11.3 Å². The highest BCUT2D eigenvalue weighted by Crippen LogP contribution is 2.32. The fourth-order valence-electron chi connectivity index (χ4n) is 2.09. The Balaban J connectivity index is 1.86. The SMILES string of the molecule is N#CC(=CNc1cccc(Br)c1)c1nc(-c2ccc(Cl)cc2Cl)cs1. The number of rotatable bonds is 4. The van der Waals surface area contributed by atoms with E-state index in [1.807, 2.05) is 35.7 Å². The Bertz CT molecular complexity index is 992. The van der Waals surface area contributed by atoms with Crippen molar-refractivity contribution in [2.45, 2.75) is 0 Å². The van der Waals surface area contributed by atoms with Gasteiger partial charge in [0.25, 0.3) is 0 Å².